The number of unbranched alkanes of at least 4 members (excludes halogenated alkanes) is 2. The fraction of sp³-hybridized carbons (Fsp3) is 0.360. The molecule has 0 bridgehead atoms. The number of benzene rings is 2. The lowest BCUT2D eigenvalue weighted by atomic mass is 10.1. The number of carbonyl (C=O) groups is 1. The number of carbonyl (C=O) groups excluding carboxylic acids is 1. The zero-order chi connectivity index (χ0) is 22.1. The molecule has 1 saturated heterocycles. The molecular formula is C25H26N4O2S. The molecule has 3 heterocycles. The molecule has 0 radical (unpaired) electrons. The van der Waals surface area contributed by atoms with Gasteiger partial charge in [-0.3, -0.25) is 9.59 Å². The van der Waals surface area contributed by atoms with Gasteiger partial charge >= 0.3 is 0 Å². The third kappa shape index (κ3) is 3.71. The summed E-state index contributed by atoms with van der Waals surface area (Å²) in [6, 6.07) is 15.3. The van der Waals surface area contributed by atoms with Crippen LogP contribution >= 0.6 is 11.3 Å². The average molecular weight is 447 g/mol. The number of hydrogen-bond donors (Lipinski definition) is 0. The summed E-state index contributed by atoms with van der Waals surface area (Å²) in [6.45, 7) is 3.32. The van der Waals surface area contributed by atoms with E-state index in [1.165, 1.54) is 4.68 Å². The van der Waals surface area contributed by atoms with Gasteiger partial charge in [0.25, 0.3) is 11.5 Å². The van der Waals surface area contributed by atoms with Crippen LogP contribution in [0.2, 0.25) is 0 Å². The van der Waals surface area contributed by atoms with Crippen LogP contribution in [0.1, 0.15) is 60.6 Å². The van der Waals surface area contributed by atoms with Gasteiger partial charge in [0.15, 0.2) is 5.69 Å². The molecular weight excluding hydrogens is 420 g/mol. The van der Waals surface area contributed by atoms with Crippen LogP contribution in [0, 0.1) is 0 Å². The van der Waals surface area contributed by atoms with Crippen molar-refractivity contribution in [3.05, 3.63) is 69.6 Å². The van der Waals surface area contributed by atoms with Gasteiger partial charge in [0.05, 0.1) is 21.6 Å². The minimum absolute atomic E-state index is 0.0547. The Bertz CT molecular complexity index is 1310. The van der Waals surface area contributed by atoms with Gasteiger partial charge in [-0.2, -0.15) is 5.10 Å². The zero-order valence-electron chi connectivity index (χ0n) is 18.2. The molecule has 32 heavy (non-hydrogen) atoms. The van der Waals surface area contributed by atoms with Crippen molar-refractivity contribution in [2.24, 2.45) is 0 Å². The lowest BCUT2D eigenvalue weighted by Crippen LogP contribution is -2.34. The van der Waals surface area contributed by atoms with Crippen LogP contribution in [0.4, 0.5) is 0 Å². The van der Waals surface area contributed by atoms with Gasteiger partial charge < -0.3 is 4.90 Å². The molecule has 1 atom stereocenters. The molecule has 1 aliphatic heterocycles. The molecule has 2 aromatic heterocycles. The molecule has 0 N–H and O–H groups in total. The number of aryl methyl sites for hydroxylation is 1. The lowest BCUT2D eigenvalue weighted by Gasteiger charge is -2.23. The molecule has 1 fully saturated rings. The Morgan fingerprint density at radius 3 is 2.69 bits per heavy atom. The molecule has 5 rings (SSSR count). The lowest BCUT2D eigenvalue weighted by molar-refractivity contribution is 0.0729. The zero-order valence-corrected chi connectivity index (χ0v) is 19.0. The van der Waals surface area contributed by atoms with Crippen LogP contribution in [-0.4, -0.2) is 32.1 Å². The number of rotatable bonds is 6. The van der Waals surface area contributed by atoms with E-state index in [0.717, 1.165) is 47.3 Å². The van der Waals surface area contributed by atoms with Crippen LogP contribution in [0.15, 0.2) is 53.3 Å². The van der Waals surface area contributed by atoms with E-state index in [-0.39, 0.29) is 17.5 Å². The largest absolute Gasteiger partial charge is 0.328 e. The van der Waals surface area contributed by atoms with Crippen molar-refractivity contribution in [1.82, 2.24) is 19.7 Å². The van der Waals surface area contributed by atoms with E-state index in [1.807, 2.05) is 41.3 Å². The van der Waals surface area contributed by atoms with E-state index < -0.39 is 0 Å². The summed E-state index contributed by atoms with van der Waals surface area (Å²) in [7, 11) is 0. The fourth-order valence-electron chi connectivity index (χ4n) is 4.49. The second kappa shape index (κ2) is 8.82. The van der Waals surface area contributed by atoms with E-state index >= 15 is 0 Å². The Kier molecular flexibility index (Phi) is 5.74. The van der Waals surface area contributed by atoms with E-state index in [4.69, 9.17) is 4.98 Å². The van der Waals surface area contributed by atoms with Gasteiger partial charge in [-0.1, -0.05) is 50.1 Å². The first-order valence-electron chi connectivity index (χ1n) is 11.3. The summed E-state index contributed by atoms with van der Waals surface area (Å²) >= 11 is 1.65. The van der Waals surface area contributed by atoms with Crippen molar-refractivity contribution >= 4 is 38.2 Å². The number of fused-ring (bicyclic) bond motifs is 2. The average Bonchev–Trinajstić information content (AvgIpc) is 3.47. The summed E-state index contributed by atoms with van der Waals surface area (Å²) in [6.07, 6.45) is 4.77. The molecule has 1 amide bonds. The SMILES string of the molecule is CCCCCn1nc(C(=O)N2CCC[C@@H]2c2nc3ccccc3s2)c2ccccc2c1=O. The van der Waals surface area contributed by atoms with Crippen molar-refractivity contribution in [3.63, 3.8) is 0 Å². The normalized spacial score (nSPS) is 16.3. The van der Waals surface area contributed by atoms with Crippen molar-refractivity contribution in [2.75, 3.05) is 6.54 Å². The highest BCUT2D eigenvalue weighted by Gasteiger charge is 2.34. The smallest absolute Gasteiger partial charge is 0.275 e. The van der Waals surface area contributed by atoms with Gasteiger partial charge in [0.2, 0.25) is 0 Å². The molecule has 164 valence electrons. The molecule has 0 aliphatic carbocycles. The highest BCUT2D eigenvalue weighted by Crippen LogP contribution is 2.37. The predicted molar refractivity (Wildman–Crippen MR) is 128 cm³/mol. The number of thiazole rings is 1. The maximum atomic E-state index is 13.8. The minimum atomic E-state index is -0.127. The number of para-hydroxylation sites is 1. The summed E-state index contributed by atoms with van der Waals surface area (Å²) < 4.78 is 2.61. The molecule has 1 aliphatic rings. The standard InChI is InChI=1S/C25H26N4O2S/c1-2-3-8-16-29-24(30)18-11-5-4-10-17(18)22(27-29)25(31)28-15-9-13-20(28)23-26-19-12-6-7-14-21(19)32-23/h4-7,10-12,14,20H,2-3,8-9,13,15-16H2,1H3/t20-/m1/s1. The fourth-order valence-corrected chi connectivity index (χ4v) is 5.61. The first kappa shape index (κ1) is 20.8. The van der Waals surface area contributed by atoms with E-state index in [1.54, 1.807) is 17.4 Å². The van der Waals surface area contributed by atoms with Gasteiger partial charge in [0.1, 0.15) is 5.01 Å². The van der Waals surface area contributed by atoms with Crippen LogP contribution in [0.3, 0.4) is 0 Å². The quantitative estimate of drug-likeness (QED) is 0.383. The Morgan fingerprint density at radius 1 is 1.09 bits per heavy atom. The maximum absolute atomic E-state index is 13.8. The Hall–Kier alpha value is -3.06. The Labute approximate surface area is 190 Å². The molecule has 2 aromatic carbocycles. The van der Waals surface area contributed by atoms with Crippen LogP contribution in [0.5, 0.6) is 0 Å². The summed E-state index contributed by atoms with van der Waals surface area (Å²) in [5, 5.41) is 6.74. The molecule has 0 saturated carbocycles. The predicted octanol–water partition coefficient (Wildman–Crippen LogP) is 5.17. The van der Waals surface area contributed by atoms with Crippen LogP contribution in [0.25, 0.3) is 21.0 Å². The first-order valence-corrected chi connectivity index (χ1v) is 12.2. The Balaban J connectivity index is 1.54. The van der Waals surface area contributed by atoms with Crippen LogP contribution < -0.4 is 5.56 Å². The highest BCUT2D eigenvalue weighted by atomic mass is 32.1. The number of nitrogens with zero attached hydrogens (tertiary/aromatic N) is 4. The van der Waals surface area contributed by atoms with Crippen molar-refractivity contribution in [2.45, 2.75) is 51.6 Å². The van der Waals surface area contributed by atoms with E-state index in [9.17, 15) is 9.59 Å². The first-order chi connectivity index (χ1) is 15.7. The molecule has 4 aromatic rings. The number of hydrogen-bond acceptors (Lipinski definition) is 5. The number of amides is 1. The number of likely N-dealkylation sites (tertiary alicyclic amines) is 1. The van der Waals surface area contributed by atoms with Gasteiger partial charge in [-0.25, -0.2) is 9.67 Å². The van der Waals surface area contributed by atoms with Crippen LogP contribution in [-0.2, 0) is 6.54 Å². The topological polar surface area (TPSA) is 68.1 Å². The Morgan fingerprint density at radius 2 is 1.88 bits per heavy atom. The second-order valence-corrected chi connectivity index (χ2v) is 9.37. The third-order valence-corrected chi connectivity index (χ3v) is 7.29. The summed E-state index contributed by atoms with van der Waals surface area (Å²) in [5.74, 6) is -0.118. The highest BCUT2D eigenvalue weighted by molar-refractivity contribution is 7.18. The van der Waals surface area contributed by atoms with E-state index in [2.05, 4.69) is 18.1 Å². The molecule has 7 heteroatoms. The third-order valence-electron chi connectivity index (χ3n) is 6.15. The van der Waals surface area contributed by atoms with E-state index in [0.29, 0.717) is 29.6 Å². The molecule has 6 nitrogen and oxygen atoms in total. The summed E-state index contributed by atoms with van der Waals surface area (Å²) in [5.41, 5.74) is 1.21. The van der Waals surface area contributed by atoms with Crippen molar-refractivity contribution in [3.8, 4) is 0 Å². The molecule has 0 unspecified atom stereocenters. The van der Waals surface area contributed by atoms with Gasteiger partial charge in [-0.15, -0.1) is 11.3 Å². The monoisotopic (exact) mass is 446 g/mol. The number of aromatic nitrogens is 3. The van der Waals surface area contributed by atoms with Crippen molar-refractivity contribution in [1.29, 1.82) is 0 Å². The second-order valence-electron chi connectivity index (χ2n) is 8.31. The summed E-state index contributed by atoms with van der Waals surface area (Å²) in [4.78, 5) is 33.5. The van der Waals surface area contributed by atoms with Gasteiger partial charge in [-0.05, 0) is 37.5 Å². The molecule has 0 spiro atoms. The van der Waals surface area contributed by atoms with Crippen molar-refractivity contribution < 1.29 is 4.79 Å². The maximum Gasteiger partial charge on any atom is 0.275 e. The minimum Gasteiger partial charge on any atom is -0.328 e. The van der Waals surface area contributed by atoms with Gasteiger partial charge in [0, 0.05) is 18.5 Å².